The molecule has 1 aliphatic heterocycles. The number of nitrogens with one attached hydrogen (secondary N) is 6. The molecule has 0 saturated carbocycles. The summed E-state index contributed by atoms with van der Waals surface area (Å²) in [5, 5.41) is 42.7. The van der Waals surface area contributed by atoms with E-state index in [0.717, 1.165) is 72.7 Å². The van der Waals surface area contributed by atoms with E-state index in [1.807, 2.05) is 78.9 Å². The molecular formula is C59H63Cl4N9O11S. The monoisotopic (exact) mass is 1250 g/mol. The van der Waals surface area contributed by atoms with Gasteiger partial charge in [-0.15, -0.1) is 0 Å². The number of carbonyl (C=O) groups excluding carboxylic acids is 5. The van der Waals surface area contributed by atoms with Crippen molar-refractivity contribution in [2.75, 3.05) is 38.0 Å². The molecule has 0 bridgehead atoms. The highest BCUT2D eigenvalue weighted by molar-refractivity contribution is 7.59. The Hall–Kier alpha value is -7.79. The van der Waals surface area contributed by atoms with E-state index in [9.17, 15) is 48.6 Å². The molecule has 4 aromatic carbocycles. The minimum Gasteiger partial charge on any atom is -0.481 e. The fraction of sp³-hybridized carbons (Fsp3) is 0.288. The first-order valence-electron chi connectivity index (χ1n) is 26.4. The summed E-state index contributed by atoms with van der Waals surface area (Å²) in [6.07, 6.45) is 7.75. The maximum Gasteiger partial charge on any atom is 0.328 e. The van der Waals surface area contributed by atoms with Crippen LogP contribution in [0, 0.1) is 0 Å². The summed E-state index contributed by atoms with van der Waals surface area (Å²) in [6.45, 7) is -0.406. The molecule has 0 fully saturated rings. The van der Waals surface area contributed by atoms with Crippen LogP contribution in [0.4, 0.5) is 5.82 Å². The molecule has 20 nitrogen and oxygen atoms in total. The number of aromatic nitrogens is 2. The first kappa shape index (κ1) is 67.0. The number of carboxylic acid groups (broad SMARTS) is 3. The quantitative estimate of drug-likeness (QED) is 0.0334. The number of hydrogen-bond donors (Lipinski definition) is 10. The number of carboxylic acids is 3. The minimum absolute atomic E-state index is 0. The topological polar surface area (TPSA) is 321 Å². The lowest BCUT2D eigenvalue weighted by molar-refractivity contribution is -0.140. The molecule has 8 rings (SSSR count). The Morgan fingerprint density at radius 2 is 1.00 bits per heavy atom. The van der Waals surface area contributed by atoms with Crippen LogP contribution < -0.4 is 37.6 Å². The van der Waals surface area contributed by atoms with Crippen LogP contribution in [0.15, 0.2) is 109 Å². The molecule has 2 atom stereocenters. The molecule has 0 radical (unpaired) electrons. The maximum atomic E-state index is 12.9. The number of halogens is 4. The number of aryl methyl sites for hydroxylation is 5. The van der Waals surface area contributed by atoms with E-state index >= 15 is 0 Å². The molecule has 0 saturated heterocycles. The lowest BCUT2D eigenvalue weighted by Crippen LogP contribution is -2.50. The molecule has 0 spiro atoms. The summed E-state index contributed by atoms with van der Waals surface area (Å²) in [5.41, 5.74) is 13.4. The van der Waals surface area contributed by atoms with Crippen LogP contribution in [0.25, 0.3) is 22.3 Å². The number of aliphatic carboxylic acids is 3. The zero-order valence-electron chi connectivity index (χ0n) is 45.2. The molecule has 25 heteroatoms. The Morgan fingerprint density at radius 3 is 1.50 bits per heavy atom. The molecule has 11 N–H and O–H groups in total. The summed E-state index contributed by atoms with van der Waals surface area (Å²) in [7, 11) is 0. The first-order valence-corrected chi connectivity index (χ1v) is 27.9. The number of benzene rings is 4. The molecule has 2 aliphatic rings. The third-order valence-electron chi connectivity index (χ3n) is 13.0. The average molecular weight is 1250 g/mol. The van der Waals surface area contributed by atoms with Gasteiger partial charge in [0, 0.05) is 49.6 Å². The molecular weight excluding hydrogens is 1180 g/mol. The van der Waals surface area contributed by atoms with Gasteiger partial charge < -0.3 is 53.0 Å². The Balaban J connectivity index is 0.000000256. The summed E-state index contributed by atoms with van der Waals surface area (Å²) >= 11 is 25.1. The predicted octanol–water partition coefficient (Wildman–Crippen LogP) is 7.47. The first-order chi connectivity index (χ1) is 39.8. The number of amides is 5. The second kappa shape index (κ2) is 33.5. The van der Waals surface area contributed by atoms with Crippen LogP contribution in [0.5, 0.6) is 0 Å². The second-order valence-corrected chi connectivity index (χ2v) is 20.7. The lowest BCUT2D eigenvalue weighted by Gasteiger charge is -2.17. The smallest absolute Gasteiger partial charge is 0.328 e. The van der Waals surface area contributed by atoms with Gasteiger partial charge in [0.15, 0.2) is 0 Å². The highest BCUT2D eigenvalue weighted by Crippen LogP contribution is 2.33. The SMILES string of the molecule is NCC(=O)NC[C@H](NC(=O)c1c(Cl)cc(-c2ccccc2)cc1Cl)C(=O)O.O=C(CCc1ccc2c(n1)CCCC2)NCC(=O)NC[C@H](NC(=O)c1c(Cl)cc(-c2ccccc2)cc1Cl)C(=O)O.O=C(O)CCc1ccc2c(n1)NCCC2.S. The van der Waals surface area contributed by atoms with Crippen molar-refractivity contribution >= 4 is 113 Å². The summed E-state index contributed by atoms with van der Waals surface area (Å²) < 4.78 is 0. The summed E-state index contributed by atoms with van der Waals surface area (Å²) in [6, 6.07) is 30.0. The summed E-state index contributed by atoms with van der Waals surface area (Å²) in [5.74, 6) is -5.57. The van der Waals surface area contributed by atoms with Crippen molar-refractivity contribution in [2.45, 2.75) is 76.3 Å². The molecule has 0 unspecified atom stereocenters. The normalized spacial score (nSPS) is 12.6. The predicted molar refractivity (Wildman–Crippen MR) is 326 cm³/mol. The molecule has 444 valence electrons. The van der Waals surface area contributed by atoms with E-state index < -0.39 is 60.2 Å². The Kier molecular flexibility index (Phi) is 26.7. The van der Waals surface area contributed by atoms with E-state index in [4.69, 9.17) is 57.2 Å². The van der Waals surface area contributed by atoms with Crippen molar-refractivity contribution in [3.8, 4) is 22.3 Å². The highest BCUT2D eigenvalue weighted by atomic mass is 35.5. The van der Waals surface area contributed by atoms with Crippen LogP contribution in [0.3, 0.4) is 0 Å². The number of rotatable bonds is 21. The maximum absolute atomic E-state index is 12.9. The van der Waals surface area contributed by atoms with Crippen molar-refractivity contribution in [1.82, 2.24) is 36.6 Å². The number of nitrogens with two attached hydrogens (primary N) is 1. The van der Waals surface area contributed by atoms with Crippen molar-refractivity contribution in [3.63, 3.8) is 0 Å². The number of pyridine rings is 2. The molecule has 3 heterocycles. The van der Waals surface area contributed by atoms with E-state index in [-0.39, 0.29) is 83.1 Å². The molecule has 2 aromatic heterocycles. The molecule has 1 aliphatic carbocycles. The largest absolute Gasteiger partial charge is 0.481 e. The molecule has 5 amide bonds. The van der Waals surface area contributed by atoms with Gasteiger partial charge in [0.05, 0.1) is 50.7 Å². The minimum atomic E-state index is -1.46. The van der Waals surface area contributed by atoms with Crippen LogP contribution in [0.2, 0.25) is 20.1 Å². The summed E-state index contributed by atoms with van der Waals surface area (Å²) in [4.78, 5) is 104. The van der Waals surface area contributed by atoms with Gasteiger partial charge >= 0.3 is 17.9 Å². The average Bonchev–Trinajstić information content (AvgIpc) is 2.94. The standard InChI is InChI=1S/C30H30Cl2N4O5.C18H17Cl2N3O4.C11H14N2O2.H2S/c31-22-14-20(18-6-2-1-3-7-18)15-23(32)28(22)29(39)36-25(30(40)41)16-33-27(38)17-34-26(37)13-12-21-11-10-19-8-4-5-9-24(19)35-21;19-12-6-11(10-4-2-1-3-5-10)7-13(20)16(12)17(25)23-14(18(26)27)9-22-15(24)8-21;14-10(15)6-5-9-4-3-8-2-1-7-12-11(8)13-9;/h1-3,6-7,10-11,14-15,25H,4-5,8-9,12-13,16-17H2,(H,33,38)(H,34,37)(H,36,39)(H,40,41);1-7,14H,8-9,21H2,(H,22,24)(H,23,25)(H,26,27);3-4H,1-2,5-7H2,(H,12,13)(H,14,15);1H2/t25-;14-;;/m00../s1. The van der Waals surface area contributed by atoms with Crippen molar-refractivity contribution in [3.05, 3.63) is 169 Å². The van der Waals surface area contributed by atoms with Crippen molar-refractivity contribution in [2.24, 2.45) is 5.73 Å². The lowest BCUT2D eigenvalue weighted by atomic mass is 9.95. The van der Waals surface area contributed by atoms with Gasteiger partial charge in [-0.1, -0.05) is 119 Å². The fourth-order valence-corrected chi connectivity index (χ4v) is 9.94. The zero-order valence-corrected chi connectivity index (χ0v) is 49.3. The number of hydrogen-bond acceptors (Lipinski definition) is 12. The van der Waals surface area contributed by atoms with Crippen molar-refractivity contribution < 1.29 is 53.7 Å². The Labute approximate surface area is 511 Å². The third kappa shape index (κ3) is 20.5. The number of carbonyl (C=O) groups is 8. The number of anilines is 1. The van der Waals surface area contributed by atoms with Gasteiger partial charge in [0.1, 0.15) is 17.9 Å². The molecule has 84 heavy (non-hydrogen) atoms. The zero-order chi connectivity index (χ0) is 60.0. The third-order valence-corrected chi connectivity index (χ3v) is 14.2. The highest BCUT2D eigenvalue weighted by Gasteiger charge is 2.27. The van der Waals surface area contributed by atoms with Crippen LogP contribution in [-0.4, -0.2) is 118 Å². The van der Waals surface area contributed by atoms with Gasteiger partial charge in [-0.2, -0.15) is 13.5 Å². The van der Waals surface area contributed by atoms with Gasteiger partial charge in [-0.25, -0.2) is 14.6 Å². The molecule has 6 aromatic rings. The van der Waals surface area contributed by atoms with Gasteiger partial charge in [-0.05, 0) is 115 Å². The van der Waals surface area contributed by atoms with E-state index in [0.29, 0.717) is 24.0 Å². The number of fused-ring (bicyclic) bond motifs is 2. The van der Waals surface area contributed by atoms with Crippen molar-refractivity contribution in [1.29, 1.82) is 0 Å². The van der Waals surface area contributed by atoms with Gasteiger partial charge in [0.2, 0.25) is 17.7 Å². The van der Waals surface area contributed by atoms with Crippen LogP contribution in [-0.2, 0) is 60.9 Å². The Morgan fingerprint density at radius 1 is 0.536 bits per heavy atom. The Bertz CT molecular complexity index is 3280. The van der Waals surface area contributed by atoms with Crippen LogP contribution >= 0.6 is 59.9 Å². The van der Waals surface area contributed by atoms with E-state index in [1.165, 1.54) is 17.5 Å². The second-order valence-electron chi connectivity index (χ2n) is 19.0. The van der Waals surface area contributed by atoms with Crippen LogP contribution in [0.1, 0.15) is 81.0 Å². The fourth-order valence-electron chi connectivity index (χ4n) is 8.62. The number of nitrogens with zero attached hydrogens (tertiary/aromatic N) is 2. The van der Waals surface area contributed by atoms with Gasteiger partial charge in [-0.3, -0.25) is 33.8 Å². The van der Waals surface area contributed by atoms with E-state index in [1.54, 1.807) is 24.3 Å². The van der Waals surface area contributed by atoms with E-state index in [2.05, 4.69) is 47.9 Å². The van der Waals surface area contributed by atoms with Gasteiger partial charge in [0.25, 0.3) is 11.8 Å².